The first-order valence-corrected chi connectivity index (χ1v) is 24.3. The molecule has 6 N–H and O–H groups in total. The molecule has 384 valence electrons. The third-order valence-corrected chi connectivity index (χ3v) is 11.7. The SMILES string of the molecule is CC(C)C[C@H](NC(=O)CNC(=O)OCc1ccccc1)C(=O)N[C@@H](Cc1ccccc1)C(=O)C(Cl)C(=O)C(Cl)C(=O)[C@H](Cc1ccccc1)NC(=O)[C@H](CC(C)C)NC(=O)CNC(=O)OCc1ccccc1. The lowest BCUT2D eigenvalue weighted by Crippen LogP contribution is -2.57. The molecule has 0 saturated carbocycles. The first-order chi connectivity index (χ1) is 34.4. The van der Waals surface area contributed by atoms with Crippen LogP contribution in [0.1, 0.15) is 62.8 Å². The van der Waals surface area contributed by atoms with Crippen molar-refractivity contribution < 1.29 is 52.6 Å². The molecule has 4 rings (SSSR count). The number of ketones is 3. The van der Waals surface area contributed by atoms with Crippen molar-refractivity contribution in [1.29, 1.82) is 0 Å². The number of amides is 6. The molecule has 0 radical (unpaired) electrons. The molecule has 0 aromatic heterocycles. The maximum absolute atomic E-state index is 14.3. The molecule has 0 fully saturated rings. The lowest BCUT2D eigenvalue weighted by Gasteiger charge is -2.26. The van der Waals surface area contributed by atoms with E-state index in [1.807, 2.05) is 39.8 Å². The second-order valence-electron chi connectivity index (χ2n) is 17.8. The lowest BCUT2D eigenvalue weighted by atomic mass is 9.93. The second kappa shape index (κ2) is 29.9. The molecule has 4 aromatic rings. The first-order valence-electron chi connectivity index (χ1n) is 23.5. The number of rotatable bonds is 28. The van der Waals surface area contributed by atoms with Crippen molar-refractivity contribution in [2.45, 2.75) is 102 Å². The highest BCUT2D eigenvalue weighted by Crippen LogP contribution is 2.18. The molecule has 2 unspecified atom stereocenters. The quantitative estimate of drug-likeness (QED) is 0.0316. The molecule has 0 spiro atoms. The van der Waals surface area contributed by atoms with E-state index in [1.165, 1.54) is 0 Å². The van der Waals surface area contributed by atoms with Gasteiger partial charge in [-0.1, -0.05) is 149 Å². The Morgan fingerprint density at radius 2 is 0.722 bits per heavy atom. The molecular weight excluding hydrogens is 968 g/mol. The fraction of sp³-hybridized carbons (Fsp3) is 0.377. The summed E-state index contributed by atoms with van der Waals surface area (Å²) in [6, 6.07) is 29.5. The number of carbonyl (C=O) groups is 9. The molecule has 72 heavy (non-hydrogen) atoms. The summed E-state index contributed by atoms with van der Waals surface area (Å²) in [5.74, 6) is -6.54. The van der Waals surface area contributed by atoms with Gasteiger partial charge in [0, 0.05) is 0 Å². The summed E-state index contributed by atoms with van der Waals surface area (Å²) in [6.45, 7) is 6.11. The second-order valence-corrected chi connectivity index (χ2v) is 18.6. The number of alkyl carbamates (subject to hydrolysis) is 2. The van der Waals surface area contributed by atoms with Crippen LogP contribution < -0.4 is 31.9 Å². The summed E-state index contributed by atoms with van der Waals surface area (Å²) < 4.78 is 10.3. The topological polar surface area (TPSA) is 244 Å². The largest absolute Gasteiger partial charge is 0.445 e. The maximum atomic E-state index is 14.3. The third-order valence-electron chi connectivity index (χ3n) is 10.8. The monoisotopic (exact) mass is 1030 g/mol. The summed E-state index contributed by atoms with van der Waals surface area (Å²) in [5, 5.41) is 11.0. The smallest absolute Gasteiger partial charge is 0.407 e. The van der Waals surface area contributed by atoms with E-state index in [0.29, 0.717) is 11.1 Å². The van der Waals surface area contributed by atoms with Gasteiger partial charge in [0.05, 0.1) is 12.1 Å². The Balaban J connectivity index is 1.46. The highest BCUT2D eigenvalue weighted by atomic mass is 35.5. The van der Waals surface area contributed by atoms with Gasteiger partial charge in [0.15, 0.2) is 28.1 Å². The molecular formula is C53H62Cl2N6O11. The lowest BCUT2D eigenvalue weighted by molar-refractivity contribution is -0.135. The number of hydrogen-bond donors (Lipinski definition) is 6. The maximum Gasteiger partial charge on any atom is 0.407 e. The van der Waals surface area contributed by atoms with E-state index >= 15 is 0 Å². The molecule has 0 aliphatic rings. The Kier molecular flexibility index (Phi) is 23.9. The highest BCUT2D eigenvalue weighted by molar-refractivity contribution is 6.53. The molecule has 0 saturated heterocycles. The van der Waals surface area contributed by atoms with E-state index in [0.717, 1.165) is 11.1 Å². The van der Waals surface area contributed by atoms with Crippen molar-refractivity contribution in [2.24, 2.45) is 11.8 Å². The van der Waals surface area contributed by atoms with Crippen molar-refractivity contribution in [3.8, 4) is 0 Å². The molecule has 17 nitrogen and oxygen atoms in total. The summed E-state index contributed by atoms with van der Waals surface area (Å²) in [4.78, 5) is 121. The van der Waals surface area contributed by atoms with Crippen molar-refractivity contribution in [3.05, 3.63) is 144 Å². The Bertz CT molecular complexity index is 2270. The van der Waals surface area contributed by atoms with Gasteiger partial charge in [-0.05, 0) is 59.8 Å². The summed E-state index contributed by atoms with van der Waals surface area (Å²) in [5.41, 5.74) is 2.61. The van der Waals surface area contributed by atoms with Gasteiger partial charge in [0.25, 0.3) is 0 Å². The predicted octanol–water partition coefficient (Wildman–Crippen LogP) is 5.28. The van der Waals surface area contributed by atoms with Crippen LogP contribution >= 0.6 is 23.2 Å². The summed E-state index contributed by atoms with van der Waals surface area (Å²) in [6.07, 6.45) is -1.81. The fourth-order valence-electron chi connectivity index (χ4n) is 7.20. The Morgan fingerprint density at radius 3 is 1.03 bits per heavy atom. The number of hydrogen-bond acceptors (Lipinski definition) is 11. The first kappa shape index (κ1) is 57.5. The van der Waals surface area contributed by atoms with Crippen LogP contribution in [0.4, 0.5) is 9.59 Å². The summed E-state index contributed by atoms with van der Waals surface area (Å²) >= 11 is 13.2. The van der Waals surface area contributed by atoms with E-state index in [9.17, 15) is 43.2 Å². The Morgan fingerprint density at radius 1 is 0.417 bits per heavy atom. The average Bonchev–Trinajstić information content (AvgIpc) is 3.37. The minimum absolute atomic E-state index is 0.0332. The van der Waals surface area contributed by atoms with E-state index in [1.54, 1.807) is 109 Å². The van der Waals surface area contributed by atoms with Crippen molar-refractivity contribution in [1.82, 2.24) is 31.9 Å². The average molecular weight is 1030 g/mol. The van der Waals surface area contributed by atoms with Gasteiger partial charge in [-0.2, -0.15) is 0 Å². The van der Waals surface area contributed by atoms with E-state index in [-0.39, 0.29) is 50.7 Å². The molecule has 6 amide bonds. The zero-order valence-electron chi connectivity index (χ0n) is 40.6. The van der Waals surface area contributed by atoms with Gasteiger partial charge < -0.3 is 41.4 Å². The standard InChI is InChI=1S/C53H62Cl2N6O11/c1-33(2)25-41(58-43(62)29-56-52(69)71-31-37-21-13-7-14-22-37)50(67)60-39(27-35-17-9-5-10-18-35)47(64)45(54)49(66)46(55)48(65)40(28-36-19-11-6-12-20-36)61-51(68)42(26-34(3)4)59-44(63)30-57-53(70)72-32-38-23-15-8-16-24-38/h5-24,33-34,39-42,45-46H,25-32H2,1-4H3,(H,56,69)(H,57,70)(H,58,62)(H,59,63)(H,60,67)(H,61,68)/t39-,40-,41-,42-,45?,46?/m0/s1. The van der Waals surface area contributed by atoms with Gasteiger partial charge in [0.1, 0.15) is 38.4 Å². The van der Waals surface area contributed by atoms with Crippen LogP contribution in [-0.4, -0.2) is 101 Å². The predicted molar refractivity (Wildman–Crippen MR) is 270 cm³/mol. The summed E-state index contributed by atoms with van der Waals surface area (Å²) in [7, 11) is 0. The zero-order chi connectivity index (χ0) is 52.6. The number of carbonyl (C=O) groups excluding carboxylic acids is 9. The van der Waals surface area contributed by atoms with Gasteiger partial charge in [-0.3, -0.25) is 33.6 Å². The van der Waals surface area contributed by atoms with Gasteiger partial charge in [0.2, 0.25) is 23.6 Å². The number of Topliss-reactive ketones (excluding diaryl/α,β-unsaturated/α-hetero) is 3. The number of alkyl halides is 2. The van der Waals surface area contributed by atoms with Crippen LogP contribution in [0.15, 0.2) is 121 Å². The minimum atomic E-state index is -2.08. The van der Waals surface area contributed by atoms with E-state index < -0.39 is 101 Å². The molecule has 0 aliphatic heterocycles. The van der Waals surface area contributed by atoms with Crippen LogP contribution in [0, 0.1) is 11.8 Å². The van der Waals surface area contributed by atoms with Gasteiger partial charge in [-0.15, -0.1) is 23.2 Å². The van der Waals surface area contributed by atoms with Crippen LogP contribution in [0.2, 0.25) is 0 Å². The highest BCUT2D eigenvalue weighted by Gasteiger charge is 2.41. The molecule has 0 aliphatic carbocycles. The normalized spacial score (nSPS) is 13.4. The van der Waals surface area contributed by atoms with Crippen LogP contribution in [0.25, 0.3) is 0 Å². The molecule has 0 heterocycles. The number of nitrogens with one attached hydrogen (secondary N) is 6. The number of halogens is 2. The van der Waals surface area contributed by atoms with Crippen LogP contribution in [-0.2, 0) is 69.1 Å². The Labute approximate surface area is 429 Å². The van der Waals surface area contributed by atoms with Gasteiger partial charge >= 0.3 is 12.2 Å². The van der Waals surface area contributed by atoms with E-state index in [4.69, 9.17) is 32.7 Å². The van der Waals surface area contributed by atoms with Gasteiger partial charge in [-0.25, -0.2) is 9.59 Å². The molecule has 6 atom stereocenters. The number of ether oxygens (including phenoxy) is 2. The third kappa shape index (κ3) is 20.3. The Hall–Kier alpha value is -7.11. The zero-order valence-corrected chi connectivity index (χ0v) is 42.1. The molecule has 19 heteroatoms. The number of benzene rings is 4. The van der Waals surface area contributed by atoms with Crippen LogP contribution in [0.3, 0.4) is 0 Å². The van der Waals surface area contributed by atoms with Crippen molar-refractivity contribution in [2.75, 3.05) is 13.1 Å². The van der Waals surface area contributed by atoms with Crippen molar-refractivity contribution in [3.63, 3.8) is 0 Å². The molecule has 0 bridgehead atoms. The fourth-order valence-corrected chi connectivity index (χ4v) is 7.82. The van der Waals surface area contributed by atoms with E-state index in [2.05, 4.69) is 31.9 Å². The van der Waals surface area contributed by atoms with Crippen molar-refractivity contribution >= 4 is 76.4 Å². The van der Waals surface area contributed by atoms with Crippen LogP contribution in [0.5, 0.6) is 0 Å². The molecule has 4 aromatic carbocycles. The minimum Gasteiger partial charge on any atom is -0.445 e.